The lowest BCUT2D eigenvalue weighted by atomic mass is 9.98. The van der Waals surface area contributed by atoms with Crippen LogP contribution in [0.2, 0.25) is 0 Å². The van der Waals surface area contributed by atoms with E-state index in [0.717, 1.165) is 34.5 Å². The molecule has 0 saturated carbocycles. The van der Waals surface area contributed by atoms with E-state index >= 15 is 0 Å². The van der Waals surface area contributed by atoms with E-state index in [0.29, 0.717) is 6.42 Å². The largest absolute Gasteiger partial charge is 0.481 e. The molecule has 21 heavy (non-hydrogen) atoms. The second kappa shape index (κ2) is 7.75. The van der Waals surface area contributed by atoms with Crippen LogP contribution in [0.25, 0.3) is 6.08 Å². The summed E-state index contributed by atoms with van der Waals surface area (Å²) >= 11 is 4.97. The van der Waals surface area contributed by atoms with Gasteiger partial charge in [-0.15, -0.1) is 11.3 Å². The van der Waals surface area contributed by atoms with Crippen LogP contribution in [0.3, 0.4) is 0 Å². The minimum Gasteiger partial charge on any atom is -0.481 e. The van der Waals surface area contributed by atoms with Crippen LogP contribution in [0.5, 0.6) is 0 Å². The highest BCUT2D eigenvalue weighted by molar-refractivity contribution is 9.11. The molecule has 1 aromatic heterocycles. The number of rotatable bonds is 5. The van der Waals surface area contributed by atoms with Gasteiger partial charge in [-0.1, -0.05) is 0 Å². The quantitative estimate of drug-likeness (QED) is 0.801. The number of hydrogen-bond acceptors (Lipinski definition) is 3. The molecular weight excluding hydrogens is 354 g/mol. The van der Waals surface area contributed by atoms with Gasteiger partial charge in [-0.25, -0.2) is 0 Å². The van der Waals surface area contributed by atoms with Crippen molar-refractivity contribution in [2.24, 2.45) is 0 Å². The second-order valence-electron chi connectivity index (χ2n) is 5.09. The molecule has 1 aromatic rings. The molecule has 0 aromatic carbocycles. The van der Waals surface area contributed by atoms with Gasteiger partial charge < -0.3 is 10.0 Å². The number of carboxylic acids is 1. The van der Waals surface area contributed by atoms with Crippen molar-refractivity contribution in [2.45, 2.75) is 38.1 Å². The van der Waals surface area contributed by atoms with Crippen LogP contribution in [-0.4, -0.2) is 34.5 Å². The van der Waals surface area contributed by atoms with Crippen molar-refractivity contribution in [3.8, 4) is 0 Å². The highest BCUT2D eigenvalue weighted by Gasteiger charge is 2.25. The summed E-state index contributed by atoms with van der Waals surface area (Å²) in [6.07, 6.45) is 7.04. The molecule has 6 heteroatoms. The minimum atomic E-state index is -0.799. The third-order valence-electron chi connectivity index (χ3n) is 3.59. The number of hydrogen-bond donors (Lipinski definition) is 1. The Morgan fingerprint density at radius 3 is 2.90 bits per heavy atom. The third-order valence-corrected chi connectivity index (χ3v) is 5.17. The lowest BCUT2D eigenvalue weighted by Crippen LogP contribution is -2.43. The van der Waals surface area contributed by atoms with Crippen molar-refractivity contribution in [2.75, 3.05) is 6.54 Å². The van der Waals surface area contributed by atoms with Crippen molar-refractivity contribution < 1.29 is 14.7 Å². The first-order valence-corrected chi connectivity index (χ1v) is 8.63. The maximum atomic E-state index is 12.3. The topological polar surface area (TPSA) is 57.6 Å². The van der Waals surface area contributed by atoms with Gasteiger partial charge >= 0.3 is 5.97 Å². The molecule has 1 N–H and O–H groups in total. The van der Waals surface area contributed by atoms with Crippen molar-refractivity contribution in [3.05, 3.63) is 26.9 Å². The number of amides is 1. The molecule has 0 bridgehead atoms. The molecule has 0 spiro atoms. The molecule has 1 unspecified atom stereocenters. The Kier molecular flexibility index (Phi) is 5.99. The molecule has 2 rings (SSSR count). The SMILES string of the molecule is O=C(O)CCC1CCCCN1C(=O)C=Cc1ccc(Br)s1. The zero-order valence-corrected chi connectivity index (χ0v) is 14.0. The number of likely N-dealkylation sites (tertiary alicyclic amines) is 1. The smallest absolute Gasteiger partial charge is 0.303 e. The lowest BCUT2D eigenvalue weighted by molar-refractivity contribution is -0.138. The Morgan fingerprint density at radius 1 is 1.43 bits per heavy atom. The molecule has 1 atom stereocenters. The number of carboxylic acid groups (broad SMARTS) is 1. The summed E-state index contributed by atoms with van der Waals surface area (Å²) in [6.45, 7) is 0.724. The van der Waals surface area contributed by atoms with E-state index in [1.807, 2.05) is 23.1 Å². The van der Waals surface area contributed by atoms with Crippen LogP contribution in [0.4, 0.5) is 0 Å². The van der Waals surface area contributed by atoms with Gasteiger partial charge in [0.2, 0.25) is 5.91 Å². The zero-order valence-electron chi connectivity index (χ0n) is 11.6. The summed E-state index contributed by atoms with van der Waals surface area (Å²) in [5, 5.41) is 8.80. The van der Waals surface area contributed by atoms with E-state index in [2.05, 4.69) is 15.9 Å². The van der Waals surface area contributed by atoms with Crippen LogP contribution >= 0.6 is 27.3 Å². The molecule has 114 valence electrons. The van der Waals surface area contributed by atoms with Gasteiger partial charge in [-0.2, -0.15) is 0 Å². The molecule has 0 radical (unpaired) electrons. The number of carbonyl (C=O) groups is 2. The number of carbonyl (C=O) groups excluding carboxylic acids is 1. The number of piperidine rings is 1. The van der Waals surface area contributed by atoms with Crippen LogP contribution < -0.4 is 0 Å². The normalized spacial score (nSPS) is 19.1. The molecule has 0 aliphatic carbocycles. The highest BCUT2D eigenvalue weighted by atomic mass is 79.9. The minimum absolute atomic E-state index is 0.0189. The Morgan fingerprint density at radius 2 is 2.24 bits per heavy atom. The van der Waals surface area contributed by atoms with Crippen LogP contribution in [0.1, 0.15) is 37.0 Å². The summed E-state index contributed by atoms with van der Waals surface area (Å²) in [5.74, 6) is -0.818. The fourth-order valence-corrected chi connectivity index (χ4v) is 3.87. The molecule has 1 fully saturated rings. The van der Waals surface area contributed by atoms with Crippen molar-refractivity contribution in [1.29, 1.82) is 0 Å². The Labute approximate surface area is 136 Å². The summed E-state index contributed by atoms with van der Waals surface area (Å²) in [4.78, 5) is 25.9. The predicted molar refractivity (Wildman–Crippen MR) is 87.3 cm³/mol. The summed E-state index contributed by atoms with van der Waals surface area (Å²) in [7, 11) is 0. The number of thiophene rings is 1. The van der Waals surface area contributed by atoms with Crippen molar-refractivity contribution in [1.82, 2.24) is 4.90 Å². The first-order chi connectivity index (χ1) is 10.1. The van der Waals surface area contributed by atoms with E-state index < -0.39 is 5.97 Å². The molecular formula is C15H18BrNO3S. The number of nitrogens with zero attached hydrogens (tertiary/aromatic N) is 1. The van der Waals surface area contributed by atoms with Gasteiger partial charge in [0.05, 0.1) is 3.79 Å². The fourth-order valence-electron chi connectivity index (χ4n) is 2.55. The van der Waals surface area contributed by atoms with Crippen LogP contribution in [-0.2, 0) is 9.59 Å². The van der Waals surface area contributed by atoms with E-state index in [1.165, 1.54) is 0 Å². The van der Waals surface area contributed by atoms with E-state index in [4.69, 9.17) is 5.11 Å². The van der Waals surface area contributed by atoms with Gasteiger partial charge in [0.25, 0.3) is 0 Å². The average molecular weight is 372 g/mol. The van der Waals surface area contributed by atoms with E-state index in [-0.39, 0.29) is 18.4 Å². The molecule has 1 aliphatic heterocycles. The summed E-state index contributed by atoms with van der Waals surface area (Å²) in [6, 6.07) is 3.96. The maximum absolute atomic E-state index is 12.3. The lowest BCUT2D eigenvalue weighted by Gasteiger charge is -2.35. The van der Waals surface area contributed by atoms with Gasteiger partial charge in [0.1, 0.15) is 0 Å². The first kappa shape index (κ1) is 16.2. The molecule has 2 heterocycles. The maximum Gasteiger partial charge on any atom is 0.303 e. The molecule has 1 amide bonds. The van der Waals surface area contributed by atoms with Crippen molar-refractivity contribution in [3.63, 3.8) is 0 Å². The Bertz CT molecular complexity index is 541. The number of halogens is 1. The van der Waals surface area contributed by atoms with Gasteiger partial charge in [-0.3, -0.25) is 9.59 Å². The average Bonchev–Trinajstić information content (AvgIpc) is 2.88. The Balaban J connectivity index is 1.97. The standard InChI is InChI=1S/C15H18BrNO3S/c16-13-7-5-12(21-13)6-8-14(18)17-10-2-1-3-11(17)4-9-15(19)20/h5-8,11H,1-4,9-10H2,(H,19,20). The van der Waals surface area contributed by atoms with Gasteiger partial charge in [0.15, 0.2) is 0 Å². The van der Waals surface area contributed by atoms with Gasteiger partial charge in [0, 0.05) is 30.0 Å². The molecule has 1 saturated heterocycles. The zero-order chi connectivity index (χ0) is 15.2. The van der Waals surface area contributed by atoms with Crippen molar-refractivity contribution >= 4 is 45.2 Å². The van der Waals surface area contributed by atoms with Gasteiger partial charge in [-0.05, 0) is 59.8 Å². The summed E-state index contributed by atoms with van der Waals surface area (Å²) in [5.41, 5.74) is 0. The van der Waals surface area contributed by atoms with E-state index in [9.17, 15) is 9.59 Å². The highest BCUT2D eigenvalue weighted by Crippen LogP contribution is 2.24. The molecule has 1 aliphatic rings. The monoisotopic (exact) mass is 371 g/mol. The van der Waals surface area contributed by atoms with E-state index in [1.54, 1.807) is 17.4 Å². The molecule has 4 nitrogen and oxygen atoms in total. The predicted octanol–water partition coefficient (Wildman–Crippen LogP) is 3.77. The Hall–Kier alpha value is -1.14. The van der Waals surface area contributed by atoms with Crippen LogP contribution in [0.15, 0.2) is 22.0 Å². The summed E-state index contributed by atoms with van der Waals surface area (Å²) < 4.78 is 1.03. The second-order valence-corrected chi connectivity index (χ2v) is 7.58. The third kappa shape index (κ3) is 4.97. The first-order valence-electron chi connectivity index (χ1n) is 7.02. The fraction of sp³-hybridized carbons (Fsp3) is 0.467. The van der Waals surface area contributed by atoms with Crippen LogP contribution in [0, 0.1) is 0 Å². The number of aliphatic carboxylic acids is 1.